The molecule has 1 aromatic carbocycles. The van der Waals surface area contributed by atoms with E-state index in [-0.39, 0.29) is 5.91 Å². The van der Waals surface area contributed by atoms with E-state index in [0.717, 1.165) is 36.3 Å². The summed E-state index contributed by atoms with van der Waals surface area (Å²) in [5.74, 6) is 1.74. The third-order valence-corrected chi connectivity index (χ3v) is 6.71. The molecule has 156 valence electrons. The van der Waals surface area contributed by atoms with Crippen LogP contribution in [-0.4, -0.2) is 49.4 Å². The molecule has 6 nitrogen and oxygen atoms in total. The van der Waals surface area contributed by atoms with Gasteiger partial charge >= 0.3 is 0 Å². The summed E-state index contributed by atoms with van der Waals surface area (Å²) < 4.78 is 1.98. The van der Waals surface area contributed by atoms with Crippen molar-refractivity contribution in [3.05, 3.63) is 53.3 Å². The summed E-state index contributed by atoms with van der Waals surface area (Å²) in [5, 5.41) is 10.2. The van der Waals surface area contributed by atoms with Crippen LogP contribution in [0.3, 0.4) is 0 Å². The number of benzene rings is 1. The van der Waals surface area contributed by atoms with Crippen molar-refractivity contribution in [3.8, 4) is 17.1 Å². The van der Waals surface area contributed by atoms with Crippen molar-refractivity contribution < 1.29 is 4.79 Å². The quantitative estimate of drug-likeness (QED) is 0.539. The van der Waals surface area contributed by atoms with Crippen LogP contribution in [0.25, 0.3) is 17.1 Å². The molecule has 3 aromatic rings. The lowest BCUT2D eigenvalue weighted by molar-refractivity contribution is -0.130. The molecule has 1 aliphatic rings. The first kappa shape index (κ1) is 20.9. The first-order valence-corrected chi connectivity index (χ1v) is 11.4. The molecule has 0 N–H and O–H groups in total. The van der Waals surface area contributed by atoms with Crippen LogP contribution in [0.5, 0.6) is 0 Å². The number of piperidine rings is 1. The standard InChI is InChI=1S/C22H24ClN5OS/c1-15-5-4-12-27(13-15)20(29)14-30-22-26-25-21(17-8-10-24-11-9-17)28(22)19-7-3-6-18(23)16(19)2/h3,6-11,15H,4-5,12-14H2,1-2H3. The number of halogens is 1. The molecule has 30 heavy (non-hydrogen) atoms. The van der Waals surface area contributed by atoms with Gasteiger partial charge in [0, 0.05) is 36.1 Å². The highest BCUT2D eigenvalue weighted by molar-refractivity contribution is 7.99. The number of aromatic nitrogens is 4. The van der Waals surface area contributed by atoms with Crippen molar-refractivity contribution in [1.29, 1.82) is 0 Å². The fraction of sp³-hybridized carbons (Fsp3) is 0.364. The minimum absolute atomic E-state index is 0.148. The molecule has 0 saturated carbocycles. The zero-order valence-electron chi connectivity index (χ0n) is 17.1. The molecule has 8 heteroatoms. The third kappa shape index (κ3) is 4.37. The SMILES string of the molecule is Cc1c(Cl)cccc1-n1c(SCC(=O)N2CCCC(C)C2)nnc1-c1ccncc1. The van der Waals surface area contributed by atoms with Crippen LogP contribution in [0.1, 0.15) is 25.3 Å². The van der Waals surface area contributed by atoms with Crippen LogP contribution >= 0.6 is 23.4 Å². The lowest BCUT2D eigenvalue weighted by atomic mass is 10.0. The fourth-order valence-corrected chi connectivity index (χ4v) is 4.76. The van der Waals surface area contributed by atoms with E-state index < -0.39 is 0 Å². The molecule has 1 amide bonds. The molecule has 0 spiro atoms. The topological polar surface area (TPSA) is 63.9 Å². The Kier molecular flexibility index (Phi) is 6.39. The number of hydrogen-bond donors (Lipinski definition) is 0. The van der Waals surface area contributed by atoms with E-state index in [1.807, 2.05) is 46.7 Å². The number of amides is 1. The summed E-state index contributed by atoms with van der Waals surface area (Å²) in [4.78, 5) is 18.8. The van der Waals surface area contributed by atoms with Crippen molar-refractivity contribution >= 4 is 29.3 Å². The largest absolute Gasteiger partial charge is 0.342 e. The van der Waals surface area contributed by atoms with Crippen molar-refractivity contribution in [1.82, 2.24) is 24.6 Å². The Hall–Kier alpha value is -2.38. The van der Waals surface area contributed by atoms with Gasteiger partial charge in [-0.15, -0.1) is 10.2 Å². The van der Waals surface area contributed by atoms with Crippen LogP contribution in [-0.2, 0) is 4.79 Å². The highest BCUT2D eigenvalue weighted by Gasteiger charge is 2.23. The molecule has 1 atom stereocenters. The second kappa shape index (κ2) is 9.18. The number of carbonyl (C=O) groups is 1. The number of rotatable bonds is 5. The lowest BCUT2D eigenvalue weighted by Crippen LogP contribution is -2.40. The molecule has 1 aliphatic heterocycles. The van der Waals surface area contributed by atoms with Gasteiger partial charge in [0.1, 0.15) is 0 Å². The van der Waals surface area contributed by atoms with Gasteiger partial charge in [0.05, 0.1) is 11.4 Å². The Labute approximate surface area is 185 Å². The van der Waals surface area contributed by atoms with Crippen LogP contribution in [0.2, 0.25) is 5.02 Å². The summed E-state index contributed by atoms with van der Waals surface area (Å²) >= 11 is 7.81. The predicted molar refractivity (Wildman–Crippen MR) is 120 cm³/mol. The Morgan fingerprint density at radius 3 is 2.80 bits per heavy atom. The van der Waals surface area contributed by atoms with Gasteiger partial charge < -0.3 is 4.90 Å². The van der Waals surface area contributed by atoms with Gasteiger partial charge in [0.15, 0.2) is 11.0 Å². The Morgan fingerprint density at radius 1 is 1.23 bits per heavy atom. The third-order valence-electron chi connectivity index (χ3n) is 5.39. The van der Waals surface area contributed by atoms with E-state index >= 15 is 0 Å². The zero-order chi connectivity index (χ0) is 21.1. The van der Waals surface area contributed by atoms with E-state index in [0.29, 0.717) is 27.7 Å². The zero-order valence-corrected chi connectivity index (χ0v) is 18.7. The second-order valence-corrected chi connectivity index (χ2v) is 8.99. The molecule has 1 fully saturated rings. The fourth-order valence-electron chi connectivity index (χ4n) is 3.74. The Morgan fingerprint density at radius 2 is 2.03 bits per heavy atom. The smallest absolute Gasteiger partial charge is 0.233 e. The molecule has 0 radical (unpaired) electrons. The van der Waals surface area contributed by atoms with E-state index in [2.05, 4.69) is 22.1 Å². The van der Waals surface area contributed by atoms with Gasteiger partial charge in [0.25, 0.3) is 0 Å². The average Bonchev–Trinajstić information content (AvgIpc) is 3.18. The maximum atomic E-state index is 12.8. The van der Waals surface area contributed by atoms with Gasteiger partial charge in [-0.2, -0.15) is 0 Å². The van der Waals surface area contributed by atoms with E-state index in [4.69, 9.17) is 11.6 Å². The molecule has 4 rings (SSSR count). The van der Waals surface area contributed by atoms with Crippen LogP contribution < -0.4 is 0 Å². The summed E-state index contributed by atoms with van der Waals surface area (Å²) in [5.41, 5.74) is 2.74. The molecule has 0 bridgehead atoms. The Balaban J connectivity index is 1.66. The van der Waals surface area contributed by atoms with Crippen molar-refractivity contribution in [2.24, 2.45) is 5.92 Å². The highest BCUT2D eigenvalue weighted by Crippen LogP contribution is 2.31. The maximum absolute atomic E-state index is 12.8. The summed E-state index contributed by atoms with van der Waals surface area (Å²) in [6, 6.07) is 9.57. The molecule has 0 aliphatic carbocycles. The molecule has 1 saturated heterocycles. The van der Waals surface area contributed by atoms with Crippen molar-refractivity contribution in [2.45, 2.75) is 31.8 Å². The van der Waals surface area contributed by atoms with Crippen molar-refractivity contribution in [2.75, 3.05) is 18.8 Å². The van der Waals surface area contributed by atoms with Gasteiger partial charge in [-0.3, -0.25) is 14.3 Å². The summed E-state index contributed by atoms with van der Waals surface area (Å²) in [6.07, 6.45) is 5.72. The van der Waals surface area contributed by atoms with E-state index in [1.165, 1.54) is 18.2 Å². The first-order chi connectivity index (χ1) is 14.5. The molecule has 1 unspecified atom stereocenters. The Bertz CT molecular complexity index is 1040. The lowest BCUT2D eigenvalue weighted by Gasteiger charge is -2.30. The summed E-state index contributed by atoms with van der Waals surface area (Å²) in [7, 11) is 0. The maximum Gasteiger partial charge on any atom is 0.233 e. The number of nitrogens with zero attached hydrogens (tertiary/aromatic N) is 5. The number of hydrogen-bond acceptors (Lipinski definition) is 5. The molecular weight excluding hydrogens is 418 g/mol. The first-order valence-electron chi connectivity index (χ1n) is 10.1. The molecule has 2 aromatic heterocycles. The average molecular weight is 442 g/mol. The van der Waals surface area contributed by atoms with Crippen LogP contribution in [0.4, 0.5) is 0 Å². The number of pyridine rings is 1. The molecular formula is C22H24ClN5OS. The second-order valence-electron chi connectivity index (χ2n) is 7.64. The normalized spacial score (nSPS) is 16.6. The van der Waals surface area contributed by atoms with Gasteiger partial charge in [-0.05, 0) is 55.5 Å². The van der Waals surface area contributed by atoms with Crippen LogP contribution in [0, 0.1) is 12.8 Å². The van der Waals surface area contributed by atoms with Gasteiger partial charge in [-0.25, -0.2) is 0 Å². The van der Waals surface area contributed by atoms with Crippen molar-refractivity contribution in [3.63, 3.8) is 0 Å². The minimum atomic E-state index is 0.148. The predicted octanol–water partition coefficient (Wildman–Crippen LogP) is 4.64. The van der Waals surface area contributed by atoms with Crippen LogP contribution in [0.15, 0.2) is 47.9 Å². The summed E-state index contributed by atoms with van der Waals surface area (Å²) in [6.45, 7) is 5.85. The minimum Gasteiger partial charge on any atom is -0.342 e. The van der Waals surface area contributed by atoms with Gasteiger partial charge in [-0.1, -0.05) is 36.4 Å². The van der Waals surface area contributed by atoms with E-state index in [1.54, 1.807) is 12.4 Å². The number of thioether (sulfide) groups is 1. The number of carbonyl (C=O) groups excluding carboxylic acids is 1. The molecule has 3 heterocycles. The number of likely N-dealkylation sites (tertiary alicyclic amines) is 1. The van der Waals surface area contributed by atoms with Gasteiger partial charge in [0.2, 0.25) is 5.91 Å². The monoisotopic (exact) mass is 441 g/mol. The van der Waals surface area contributed by atoms with E-state index in [9.17, 15) is 4.79 Å². The highest BCUT2D eigenvalue weighted by atomic mass is 35.5.